The molecular formula is C32H42N6O4. The Balaban J connectivity index is 1.17. The second kappa shape index (κ2) is 12.1. The van der Waals surface area contributed by atoms with Crippen molar-refractivity contribution in [2.45, 2.75) is 71.9 Å². The number of ether oxygens (including phenoxy) is 1. The third-order valence-corrected chi connectivity index (χ3v) is 8.00. The zero-order valence-electron chi connectivity index (χ0n) is 25.2. The normalized spacial score (nSPS) is 16.1. The average molecular weight is 575 g/mol. The second-order valence-electron chi connectivity index (χ2n) is 12.4. The van der Waals surface area contributed by atoms with Gasteiger partial charge in [0.25, 0.3) is 0 Å². The molecule has 1 unspecified atom stereocenters. The van der Waals surface area contributed by atoms with E-state index in [0.29, 0.717) is 32.6 Å². The first-order chi connectivity index (χ1) is 20.0. The highest BCUT2D eigenvalue weighted by Gasteiger charge is 2.29. The van der Waals surface area contributed by atoms with E-state index in [1.807, 2.05) is 93.0 Å². The first-order valence-corrected chi connectivity index (χ1v) is 14.6. The zero-order chi connectivity index (χ0) is 30.0. The van der Waals surface area contributed by atoms with Crippen LogP contribution in [0, 0.1) is 12.8 Å². The van der Waals surface area contributed by atoms with Crippen molar-refractivity contribution in [3.05, 3.63) is 70.9 Å². The van der Waals surface area contributed by atoms with Gasteiger partial charge in [-0.3, -0.25) is 9.48 Å². The van der Waals surface area contributed by atoms with E-state index in [4.69, 9.17) is 4.74 Å². The molecule has 0 spiro atoms. The molecule has 10 nitrogen and oxygen atoms in total. The van der Waals surface area contributed by atoms with Crippen LogP contribution in [0.3, 0.4) is 0 Å². The molecule has 3 N–H and O–H groups in total. The van der Waals surface area contributed by atoms with Crippen LogP contribution >= 0.6 is 0 Å². The Morgan fingerprint density at radius 2 is 1.90 bits per heavy atom. The summed E-state index contributed by atoms with van der Waals surface area (Å²) in [5.74, 6) is 1.16. The van der Waals surface area contributed by atoms with Crippen LogP contribution in [0.2, 0.25) is 0 Å². The first kappa shape index (κ1) is 29.4. The van der Waals surface area contributed by atoms with Crippen molar-refractivity contribution in [3.8, 4) is 0 Å². The maximum atomic E-state index is 12.8. The third-order valence-electron chi connectivity index (χ3n) is 8.00. The topological polar surface area (TPSA) is 112 Å². The number of carbonyl (C=O) groups excluding carboxylic acids is 2. The lowest BCUT2D eigenvalue weighted by Crippen LogP contribution is -2.42. The predicted molar refractivity (Wildman–Crippen MR) is 162 cm³/mol. The van der Waals surface area contributed by atoms with Crippen LogP contribution in [-0.4, -0.2) is 50.5 Å². The molecule has 1 saturated heterocycles. The summed E-state index contributed by atoms with van der Waals surface area (Å²) >= 11 is 0. The lowest BCUT2D eigenvalue weighted by atomic mass is 9.93. The smallest absolute Gasteiger partial charge is 0.410 e. The molecule has 2 aromatic carbocycles. The number of carbonyl (C=O) groups is 2. The predicted octanol–water partition coefficient (Wildman–Crippen LogP) is 5.14. The fraction of sp³-hybridized carbons (Fsp3) is 0.469. The van der Waals surface area contributed by atoms with E-state index in [1.165, 1.54) is 0 Å². The molecule has 42 heavy (non-hydrogen) atoms. The average Bonchev–Trinajstić information content (AvgIpc) is 3.19. The van der Waals surface area contributed by atoms with Gasteiger partial charge in [0.15, 0.2) is 6.23 Å². The number of aromatic nitrogens is 2. The van der Waals surface area contributed by atoms with E-state index >= 15 is 0 Å². The fourth-order valence-electron chi connectivity index (χ4n) is 5.64. The van der Waals surface area contributed by atoms with Gasteiger partial charge in [0.1, 0.15) is 11.4 Å². The Morgan fingerprint density at radius 1 is 1.17 bits per heavy atom. The van der Waals surface area contributed by atoms with E-state index < -0.39 is 11.8 Å². The van der Waals surface area contributed by atoms with Crippen molar-refractivity contribution in [3.63, 3.8) is 0 Å². The van der Waals surface area contributed by atoms with Crippen LogP contribution in [0.4, 0.5) is 22.0 Å². The minimum atomic E-state index is -0.868. The molecule has 3 aromatic rings. The van der Waals surface area contributed by atoms with E-state index in [-0.39, 0.29) is 17.9 Å². The minimum absolute atomic E-state index is 0.00942. The van der Waals surface area contributed by atoms with Crippen LogP contribution in [0.1, 0.15) is 68.5 Å². The van der Waals surface area contributed by atoms with Crippen LogP contribution in [-0.2, 0) is 29.7 Å². The summed E-state index contributed by atoms with van der Waals surface area (Å²) in [6.45, 7) is 9.73. The zero-order valence-corrected chi connectivity index (χ0v) is 25.2. The van der Waals surface area contributed by atoms with Gasteiger partial charge in [0, 0.05) is 44.2 Å². The van der Waals surface area contributed by atoms with E-state index in [0.717, 1.165) is 52.3 Å². The summed E-state index contributed by atoms with van der Waals surface area (Å²) in [7, 11) is 1.90. The van der Waals surface area contributed by atoms with Gasteiger partial charge in [-0.2, -0.15) is 5.10 Å². The number of likely N-dealkylation sites (tertiary alicyclic amines) is 1. The maximum absolute atomic E-state index is 12.8. The van der Waals surface area contributed by atoms with Crippen molar-refractivity contribution >= 4 is 29.2 Å². The molecule has 1 atom stereocenters. The van der Waals surface area contributed by atoms with E-state index in [9.17, 15) is 14.7 Å². The molecule has 0 radical (unpaired) electrons. The number of piperidine rings is 1. The van der Waals surface area contributed by atoms with E-state index in [1.54, 1.807) is 4.90 Å². The van der Waals surface area contributed by atoms with Gasteiger partial charge in [-0.1, -0.05) is 30.3 Å². The molecule has 2 aliphatic rings. The number of aryl methyl sites for hydroxylation is 2. The molecular weight excluding hydrogens is 532 g/mol. The van der Waals surface area contributed by atoms with Crippen molar-refractivity contribution in [2.75, 3.05) is 23.3 Å². The molecule has 3 heterocycles. The van der Waals surface area contributed by atoms with Crippen LogP contribution < -0.4 is 15.5 Å². The highest BCUT2D eigenvalue weighted by molar-refractivity contribution is 5.78. The molecule has 0 bridgehead atoms. The minimum Gasteiger partial charge on any atom is -0.444 e. The summed E-state index contributed by atoms with van der Waals surface area (Å²) in [5.41, 5.74) is 5.09. The number of aliphatic hydroxyl groups is 1. The number of anilines is 3. The lowest BCUT2D eigenvalue weighted by Gasteiger charge is -2.33. The molecule has 224 valence electrons. The molecule has 1 aromatic heterocycles. The molecule has 5 rings (SSSR count). The second-order valence-corrected chi connectivity index (χ2v) is 12.4. The van der Waals surface area contributed by atoms with E-state index in [2.05, 4.69) is 15.7 Å². The van der Waals surface area contributed by atoms with Gasteiger partial charge in [0.05, 0.1) is 24.1 Å². The Bertz CT molecular complexity index is 1440. The standard InChI is InChI=1S/C32H42N6O4/c1-21-16-23(30(40)38-20-25-19-34-36(5)29(25)35-26-8-6-7-9-27(26)38)10-11-24(21)18-33-28(39)17-22-12-14-37(15-13-22)31(41)42-32(2,3)4/h6-11,16,19,22,30,35,40H,12-15,17-18,20H2,1-5H3,(H,33,39). The van der Waals surface area contributed by atoms with Gasteiger partial charge in [0.2, 0.25) is 5.91 Å². The molecule has 2 aliphatic heterocycles. The SMILES string of the molecule is Cc1cc(C(O)N2Cc3cnn(C)c3Nc3ccccc32)ccc1CNC(=O)CC1CCN(C(=O)OC(C)(C)C)CC1. The van der Waals surface area contributed by atoms with Crippen molar-refractivity contribution < 1.29 is 19.4 Å². The quantitative estimate of drug-likeness (QED) is 0.374. The van der Waals surface area contributed by atoms with Crippen LogP contribution in [0.15, 0.2) is 48.7 Å². The van der Waals surface area contributed by atoms with Crippen molar-refractivity contribution in [1.82, 2.24) is 20.0 Å². The van der Waals surface area contributed by atoms with Gasteiger partial charge >= 0.3 is 6.09 Å². The highest BCUT2D eigenvalue weighted by Crippen LogP contribution is 2.39. The number of nitrogens with zero attached hydrogens (tertiary/aromatic N) is 4. The number of hydrogen-bond donors (Lipinski definition) is 3. The highest BCUT2D eigenvalue weighted by atomic mass is 16.6. The summed E-state index contributed by atoms with van der Waals surface area (Å²) in [5, 5.41) is 22.5. The third kappa shape index (κ3) is 6.70. The van der Waals surface area contributed by atoms with Gasteiger partial charge in [-0.15, -0.1) is 0 Å². The van der Waals surface area contributed by atoms with Crippen LogP contribution in [0.5, 0.6) is 0 Å². The molecule has 0 aliphatic carbocycles. The van der Waals surface area contributed by atoms with Gasteiger partial charge < -0.3 is 30.3 Å². The number of nitrogens with one attached hydrogen (secondary N) is 2. The van der Waals surface area contributed by atoms with Crippen molar-refractivity contribution in [1.29, 1.82) is 0 Å². The first-order valence-electron chi connectivity index (χ1n) is 14.6. The molecule has 1 fully saturated rings. The Labute approximate surface area is 247 Å². The van der Waals surface area contributed by atoms with Crippen LogP contribution in [0.25, 0.3) is 0 Å². The largest absolute Gasteiger partial charge is 0.444 e. The summed E-state index contributed by atoms with van der Waals surface area (Å²) < 4.78 is 7.28. The number of amides is 2. The van der Waals surface area contributed by atoms with Gasteiger partial charge in [-0.25, -0.2) is 4.79 Å². The fourth-order valence-corrected chi connectivity index (χ4v) is 5.64. The number of hydrogen-bond acceptors (Lipinski definition) is 7. The number of aliphatic hydroxyl groups excluding tert-OH is 1. The summed E-state index contributed by atoms with van der Waals surface area (Å²) in [6, 6.07) is 13.8. The summed E-state index contributed by atoms with van der Waals surface area (Å²) in [4.78, 5) is 28.8. The Hall–Kier alpha value is -4.05. The molecule has 0 saturated carbocycles. The number of fused-ring (bicyclic) bond motifs is 2. The number of para-hydroxylation sites is 2. The maximum Gasteiger partial charge on any atom is 0.410 e. The monoisotopic (exact) mass is 574 g/mol. The van der Waals surface area contributed by atoms with Gasteiger partial charge in [-0.05, 0) is 69.7 Å². The number of rotatable bonds is 6. The summed E-state index contributed by atoms with van der Waals surface area (Å²) in [6.07, 6.45) is 2.69. The molecule has 2 amide bonds. The number of benzene rings is 2. The van der Waals surface area contributed by atoms with Crippen molar-refractivity contribution in [2.24, 2.45) is 13.0 Å². The Kier molecular flexibility index (Phi) is 8.45. The molecule has 10 heteroatoms. The lowest BCUT2D eigenvalue weighted by molar-refractivity contribution is -0.122. The Morgan fingerprint density at radius 3 is 2.62 bits per heavy atom.